The Labute approximate surface area is 104 Å². The first-order valence-corrected chi connectivity index (χ1v) is 6.94. The van der Waals surface area contributed by atoms with Crippen LogP contribution in [0.3, 0.4) is 0 Å². The fourth-order valence-corrected chi connectivity index (χ4v) is 4.21. The Morgan fingerprint density at radius 1 is 1.18 bits per heavy atom. The summed E-state index contributed by atoms with van der Waals surface area (Å²) in [6, 6.07) is 0. The summed E-state index contributed by atoms with van der Waals surface area (Å²) in [5, 5.41) is 0. The van der Waals surface area contributed by atoms with E-state index in [1.165, 1.54) is 0 Å². The third-order valence-electron chi connectivity index (χ3n) is 5.22. The van der Waals surface area contributed by atoms with Gasteiger partial charge in [-0.25, -0.2) is 0 Å². The first kappa shape index (κ1) is 12.8. The molecule has 2 saturated carbocycles. The maximum Gasteiger partial charge on any atom is 0.137 e. The molecule has 2 aliphatic rings. The molecule has 0 aliphatic heterocycles. The number of ketones is 2. The van der Waals surface area contributed by atoms with E-state index in [0.29, 0.717) is 36.2 Å². The molecule has 0 saturated heterocycles. The van der Waals surface area contributed by atoms with Crippen molar-refractivity contribution in [2.24, 2.45) is 29.1 Å². The Kier molecular flexibility index (Phi) is 3.17. The summed E-state index contributed by atoms with van der Waals surface area (Å²) >= 11 is 0. The van der Waals surface area contributed by atoms with Gasteiger partial charge >= 0.3 is 0 Å². The van der Waals surface area contributed by atoms with Gasteiger partial charge in [0.2, 0.25) is 0 Å². The standard InChI is InChI=1S/C15H24O2/c1-9(2)14-12(16)7-11(4)15(14)6-5-10(3)13(17)8-15/h9-11,14H,5-8H2,1-4H3/t10-,11-,14-,15-/m0/s1. The minimum atomic E-state index is -0.00512. The van der Waals surface area contributed by atoms with Gasteiger partial charge in [0, 0.05) is 24.7 Å². The zero-order valence-electron chi connectivity index (χ0n) is 11.5. The summed E-state index contributed by atoms with van der Waals surface area (Å²) in [5.41, 5.74) is -0.00512. The Balaban J connectivity index is 2.33. The van der Waals surface area contributed by atoms with Crippen LogP contribution in [0.15, 0.2) is 0 Å². The molecule has 0 radical (unpaired) electrons. The van der Waals surface area contributed by atoms with Crippen LogP contribution in [0.2, 0.25) is 0 Å². The minimum Gasteiger partial charge on any atom is -0.299 e. The molecule has 0 N–H and O–H groups in total. The molecule has 2 nitrogen and oxygen atoms in total. The van der Waals surface area contributed by atoms with Crippen LogP contribution in [0.4, 0.5) is 0 Å². The largest absolute Gasteiger partial charge is 0.299 e. The second-order valence-corrected chi connectivity index (χ2v) is 6.61. The van der Waals surface area contributed by atoms with Crippen molar-refractivity contribution in [3.05, 3.63) is 0 Å². The molecule has 17 heavy (non-hydrogen) atoms. The number of rotatable bonds is 1. The second-order valence-electron chi connectivity index (χ2n) is 6.61. The van der Waals surface area contributed by atoms with E-state index in [2.05, 4.69) is 20.8 Å². The fourth-order valence-electron chi connectivity index (χ4n) is 4.21. The van der Waals surface area contributed by atoms with Crippen LogP contribution < -0.4 is 0 Å². The number of hydrogen-bond donors (Lipinski definition) is 0. The molecule has 0 aromatic rings. The average Bonchev–Trinajstić information content (AvgIpc) is 2.45. The quantitative estimate of drug-likeness (QED) is 0.700. The minimum absolute atomic E-state index is 0.00512. The Hall–Kier alpha value is -0.660. The predicted molar refractivity (Wildman–Crippen MR) is 67.6 cm³/mol. The van der Waals surface area contributed by atoms with Crippen molar-refractivity contribution in [2.75, 3.05) is 0 Å². The molecule has 2 aliphatic carbocycles. The van der Waals surface area contributed by atoms with Gasteiger partial charge in [0.15, 0.2) is 0 Å². The summed E-state index contributed by atoms with van der Waals surface area (Å²) in [7, 11) is 0. The highest BCUT2D eigenvalue weighted by Crippen LogP contribution is 2.56. The molecule has 0 aromatic heterocycles. The van der Waals surface area contributed by atoms with Gasteiger partial charge in [-0.3, -0.25) is 9.59 Å². The molecule has 0 heterocycles. The van der Waals surface area contributed by atoms with Gasteiger partial charge in [-0.2, -0.15) is 0 Å². The van der Waals surface area contributed by atoms with E-state index in [1.54, 1.807) is 0 Å². The smallest absolute Gasteiger partial charge is 0.137 e. The van der Waals surface area contributed by atoms with Gasteiger partial charge in [-0.15, -0.1) is 0 Å². The van der Waals surface area contributed by atoms with Gasteiger partial charge in [-0.1, -0.05) is 27.7 Å². The second kappa shape index (κ2) is 4.22. The predicted octanol–water partition coefficient (Wildman–Crippen LogP) is 3.24. The van der Waals surface area contributed by atoms with Crippen LogP contribution in [0.1, 0.15) is 53.4 Å². The van der Waals surface area contributed by atoms with Crippen LogP contribution in [-0.4, -0.2) is 11.6 Å². The van der Waals surface area contributed by atoms with Crippen molar-refractivity contribution in [1.82, 2.24) is 0 Å². The monoisotopic (exact) mass is 236 g/mol. The van der Waals surface area contributed by atoms with E-state index in [-0.39, 0.29) is 17.3 Å². The van der Waals surface area contributed by atoms with Crippen molar-refractivity contribution >= 4 is 11.6 Å². The van der Waals surface area contributed by atoms with Crippen LogP contribution in [0.25, 0.3) is 0 Å². The maximum absolute atomic E-state index is 12.2. The molecule has 2 heteroatoms. The third-order valence-corrected chi connectivity index (χ3v) is 5.22. The SMILES string of the molecule is CC(C)[C@H]1C(=O)C[C@H](C)[C@@]12CC[C@H](C)C(=O)C2. The molecule has 2 rings (SSSR count). The van der Waals surface area contributed by atoms with E-state index < -0.39 is 0 Å². The van der Waals surface area contributed by atoms with Crippen LogP contribution in [-0.2, 0) is 9.59 Å². The molecule has 2 fully saturated rings. The lowest BCUT2D eigenvalue weighted by molar-refractivity contribution is -0.133. The molecular weight excluding hydrogens is 212 g/mol. The van der Waals surface area contributed by atoms with Crippen molar-refractivity contribution in [3.63, 3.8) is 0 Å². The highest BCUT2D eigenvalue weighted by molar-refractivity contribution is 5.88. The fraction of sp³-hybridized carbons (Fsp3) is 0.867. The number of carbonyl (C=O) groups is 2. The molecular formula is C15H24O2. The summed E-state index contributed by atoms with van der Waals surface area (Å²) in [5.74, 6) is 1.86. The van der Waals surface area contributed by atoms with Crippen molar-refractivity contribution in [2.45, 2.75) is 53.4 Å². The zero-order chi connectivity index (χ0) is 12.8. The number of hydrogen-bond acceptors (Lipinski definition) is 2. The van der Waals surface area contributed by atoms with E-state index in [0.717, 1.165) is 12.8 Å². The summed E-state index contributed by atoms with van der Waals surface area (Å²) in [4.78, 5) is 24.2. The van der Waals surface area contributed by atoms with Crippen molar-refractivity contribution in [1.29, 1.82) is 0 Å². The van der Waals surface area contributed by atoms with Gasteiger partial charge < -0.3 is 0 Å². The highest BCUT2D eigenvalue weighted by atomic mass is 16.1. The topological polar surface area (TPSA) is 34.1 Å². The van der Waals surface area contributed by atoms with Crippen LogP contribution >= 0.6 is 0 Å². The highest BCUT2D eigenvalue weighted by Gasteiger charge is 2.55. The van der Waals surface area contributed by atoms with Gasteiger partial charge in [0.25, 0.3) is 0 Å². The van der Waals surface area contributed by atoms with Crippen LogP contribution in [0, 0.1) is 29.1 Å². The Bertz CT molecular complexity index is 345. The Morgan fingerprint density at radius 3 is 2.35 bits per heavy atom. The van der Waals surface area contributed by atoms with Gasteiger partial charge in [0.05, 0.1) is 0 Å². The Morgan fingerprint density at radius 2 is 1.82 bits per heavy atom. The summed E-state index contributed by atoms with van der Waals surface area (Å²) in [6.07, 6.45) is 3.36. The molecule has 96 valence electrons. The molecule has 0 unspecified atom stereocenters. The van der Waals surface area contributed by atoms with Crippen LogP contribution in [0.5, 0.6) is 0 Å². The van der Waals surface area contributed by atoms with Gasteiger partial charge in [0.1, 0.15) is 11.6 Å². The average molecular weight is 236 g/mol. The first-order chi connectivity index (χ1) is 7.88. The number of carbonyl (C=O) groups excluding carboxylic acids is 2. The number of Topliss-reactive ketones (excluding diaryl/α,β-unsaturated/α-hetero) is 2. The summed E-state index contributed by atoms with van der Waals surface area (Å²) < 4.78 is 0. The molecule has 0 amide bonds. The molecule has 4 atom stereocenters. The molecule has 0 aromatic carbocycles. The summed E-state index contributed by atoms with van der Waals surface area (Å²) in [6.45, 7) is 8.46. The lowest BCUT2D eigenvalue weighted by Crippen LogP contribution is -2.42. The lowest BCUT2D eigenvalue weighted by atomic mass is 9.59. The van der Waals surface area contributed by atoms with E-state index in [4.69, 9.17) is 0 Å². The third kappa shape index (κ3) is 1.86. The van der Waals surface area contributed by atoms with E-state index >= 15 is 0 Å². The van der Waals surface area contributed by atoms with Gasteiger partial charge in [-0.05, 0) is 30.1 Å². The van der Waals surface area contributed by atoms with Crippen molar-refractivity contribution in [3.8, 4) is 0 Å². The molecule has 1 spiro atoms. The van der Waals surface area contributed by atoms with E-state index in [9.17, 15) is 9.59 Å². The van der Waals surface area contributed by atoms with E-state index in [1.807, 2.05) is 6.92 Å². The first-order valence-electron chi connectivity index (χ1n) is 6.94. The maximum atomic E-state index is 12.2. The normalized spacial score (nSPS) is 42.8. The van der Waals surface area contributed by atoms with Crippen molar-refractivity contribution < 1.29 is 9.59 Å². The lowest BCUT2D eigenvalue weighted by Gasteiger charge is -2.44. The zero-order valence-corrected chi connectivity index (χ0v) is 11.5. The molecule has 0 bridgehead atoms.